The average molecular weight is 281 g/mol. The van der Waals surface area contributed by atoms with Crippen molar-refractivity contribution >= 4 is 6.20 Å². The van der Waals surface area contributed by atoms with Gasteiger partial charge in [0.05, 0.1) is 38.5 Å². The second-order valence-corrected chi connectivity index (χ2v) is 4.83. The Morgan fingerprint density at radius 1 is 1.00 bits per heavy atom. The molecule has 3 heterocycles. The molecule has 2 aliphatic heterocycles. The summed E-state index contributed by atoms with van der Waals surface area (Å²) in [6.45, 7) is 3.09. The van der Waals surface area contributed by atoms with Gasteiger partial charge in [0.15, 0.2) is 0 Å². The SMILES string of the molecule is C/C=C\n1c(=O)n(CC2CO2)c(=O)n(CC2CO2)c1=O. The molecule has 0 saturated carbocycles. The van der Waals surface area contributed by atoms with Crippen LogP contribution in [0.5, 0.6) is 0 Å². The summed E-state index contributed by atoms with van der Waals surface area (Å²) in [5.74, 6) is 0. The van der Waals surface area contributed by atoms with Gasteiger partial charge < -0.3 is 9.47 Å². The van der Waals surface area contributed by atoms with E-state index in [4.69, 9.17) is 9.47 Å². The smallest absolute Gasteiger partial charge is 0.340 e. The molecule has 8 nitrogen and oxygen atoms in total. The first kappa shape index (κ1) is 13.1. The van der Waals surface area contributed by atoms with E-state index in [1.54, 1.807) is 13.0 Å². The molecule has 2 saturated heterocycles. The monoisotopic (exact) mass is 281 g/mol. The summed E-state index contributed by atoms with van der Waals surface area (Å²) >= 11 is 0. The Morgan fingerprint density at radius 2 is 1.45 bits per heavy atom. The molecule has 0 N–H and O–H groups in total. The molecule has 0 amide bonds. The largest absolute Gasteiger partial charge is 0.371 e. The fraction of sp³-hybridized carbons (Fsp3) is 0.583. The maximum absolute atomic E-state index is 12.3. The van der Waals surface area contributed by atoms with Crippen LogP contribution in [0.4, 0.5) is 0 Å². The van der Waals surface area contributed by atoms with Crippen LogP contribution in [0.25, 0.3) is 6.20 Å². The quantitative estimate of drug-likeness (QED) is 0.610. The maximum atomic E-state index is 12.3. The highest BCUT2D eigenvalue weighted by molar-refractivity contribution is 5.19. The summed E-state index contributed by atoms with van der Waals surface area (Å²) in [7, 11) is 0. The summed E-state index contributed by atoms with van der Waals surface area (Å²) in [4.78, 5) is 36.7. The van der Waals surface area contributed by atoms with Crippen molar-refractivity contribution in [2.24, 2.45) is 0 Å². The van der Waals surface area contributed by atoms with E-state index >= 15 is 0 Å². The highest BCUT2D eigenvalue weighted by atomic mass is 16.6. The standard InChI is InChI=1S/C12H15N3O5/c1-2-3-13-10(16)14(4-8-6-19-8)12(18)15(11(13)17)5-9-7-20-9/h2-3,8-9H,4-7H2,1H3/b3-2-. The Kier molecular flexibility index (Phi) is 3.19. The number of rotatable bonds is 5. The fourth-order valence-corrected chi connectivity index (χ4v) is 1.99. The fourth-order valence-electron chi connectivity index (χ4n) is 1.99. The van der Waals surface area contributed by atoms with Gasteiger partial charge in [-0.15, -0.1) is 0 Å². The zero-order valence-corrected chi connectivity index (χ0v) is 11.0. The van der Waals surface area contributed by atoms with Crippen LogP contribution in [0.2, 0.25) is 0 Å². The molecule has 2 atom stereocenters. The third kappa shape index (κ3) is 2.39. The predicted molar refractivity (Wildman–Crippen MR) is 69.7 cm³/mol. The lowest BCUT2D eigenvalue weighted by atomic mass is 10.4. The lowest BCUT2D eigenvalue weighted by molar-refractivity contribution is 0.349. The van der Waals surface area contributed by atoms with Gasteiger partial charge in [0.25, 0.3) is 0 Å². The normalized spacial score (nSPS) is 24.2. The molecule has 20 heavy (non-hydrogen) atoms. The van der Waals surface area contributed by atoms with Gasteiger partial charge in [0.1, 0.15) is 0 Å². The van der Waals surface area contributed by atoms with Crippen molar-refractivity contribution in [1.82, 2.24) is 13.7 Å². The molecule has 0 radical (unpaired) electrons. The molecule has 3 rings (SSSR count). The number of allylic oxidation sites excluding steroid dienone is 1. The molecule has 1 aromatic rings. The van der Waals surface area contributed by atoms with Crippen molar-refractivity contribution in [3.8, 4) is 0 Å². The zero-order valence-electron chi connectivity index (χ0n) is 11.0. The first-order valence-electron chi connectivity index (χ1n) is 6.44. The Balaban J connectivity index is 2.16. The van der Waals surface area contributed by atoms with Crippen molar-refractivity contribution in [3.05, 3.63) is 37.5 Å². The number of aromatic nitrogens is 3. The number of hydrogen-bond acceptors (Lipinski definition) is 5. The van der Waals surface area contributed by atoms with Crippen LogP contribution in [0, 0.1) is 0 Å². The molecular weight excluding hydrogens is 266 g/mol. The lowest BCUT2D eigenvalue weighted by Crippen LogP contribution is -2.54. The van der Waals surface area contributed by atoms with Crippen LogP contribution in [0.15, 0.2) is 20.5 Å². The van der Waals surface area contributed by atoms with E-state index in [0.717, 1.165) is 13.7 Å². The molecule has 0 aliphatic carbocycles. The molecule has 8 heteroatoms. The first-order valence-corrected chi connectivity index (χ1v) is 6.44. The van der Waals surface area contributed by atoms with Crippen molar-refractivity contribution in [2.75, 3.05) is 13.2 Å². The third-order valence-electron chi connectivity index (χ3n) is 3.21. The van der Waals surface area contributed by atoms with Crippen LogP contribution >= 0.6 is 0 Å². The van der Waals surface area contributed by atoms with E-state index in [1.807, 2.05) is 0 Å². The van der Waals surface area contributed by atoms with Crippen LogP contribution in [-0.2, 0) is 22.6 Å². The van der Waals surface area contributed by atoms with Crippen LogP contribution < -0.4 is 17.1 Å². The number of epoxide rings is 2. The Morgan fingerprint density at radius 3 is 1.80 bits per heavy atom. The van der Waals surface area contributed by atoms with E-state index in [-0.39, 0.29) is 25.3 Å². The molecule has 2 aliphatic rings. The predicted octanol–water partition coefficient (Wildman–Crippen LogP) is -1.54. The van der Waals surface area contributed by atoms with Gasteiger partial charge in [0, 0.05) is 6.20 Å². The molecule has 1 aromatic heterocycles. The summed E-state index contributed by atoms with van der Waals surface area (Å²) in [6, 6.07) is 0. The average Bonchev–Trinajstić information content (AvgIpc) is 3.30. The van der Waals surface area contributed by atoms with Crippen molar-refractivity contribution in [3.63, 3.8) is 0 Å². The molecular formula is C12H15N3O5. The molecule has 0 bridgehead atoms. The van der Waals surface area contributed by atoms with E-state index < -0.39 is 17.1 Å². The Hall–Kier alpha value is -1.93. The topological polar surface area (TPSA) is 91.1 Å². The summed E-state index contributed by atoms with van der Waals surface area (Å²) in [5, 5.41) is 0. The Bertz CT molecular complexity index is 666. The minimum atomic E-state index is -0.637. The van der Waals surface area contributed by atoms with Crippen LogP contribution in [-0.4, -0.2) is 39.1 Å². The van der Waals surface area contributed by atoms with E-state index in [1.165, 1.54) is 6.20 Å². The van der Waals surface area contributed by atoms with Gasteiger partial charge in [-0.2, -0.15) is 0 Å². The minimum Gasteiger partial charge on any atom is -0.371 e. The minimum absolute atomic E-state index is 0.123. The second kappa shape index (κ2) is 4.88. The summed E-state index contributed by atoms with van der Waals surface area (Å²) < 4.78 is 13.1. The summed E-state index contributed by atoms with van der Waals surface area (Å²) in [5.41, 5.74) is -1.88. The van der Waals surface area contributed by atoms with E-state index in [2.05, 4.69) is 0 Å². The maximum Gasteiger partial charge on any atom is 0.340 e. The first-order chi connectivity index (χ1) is 9.61. The number of hydrogen-bond donors (Lipinski definition) is 0. The highest BCUT2D eigenvalue weighted by Gasteiger charge is 2.29. The molecule has 108 valence electrons. The van der Waals surface area contributed by atoms with Crippen molar-refractivity contribution in [2.45, 2.75) is 32.2 Å². The molecule has 2 fully saturated rings. The van der Waals surface area contributed by atoms with Gasteiger partial charge >= 0.3 is 17.1 Å². The highest BCUT2D eigenvalue weighted by Crippen LogP contribution is 2.10. The molecule has 0 aromatic carbocycles. The van der Waals surface area contributed by atoms with Gasteiger partial charge in [0.2, 0.25) is 0 Å². The Labute approximate surface area is 113 Å². The molecule has 2 unspecified atom stereocenters. The van der Waals surface area contributed by atoms with E-state index in [0.29, 0.717) is 13.2 Å². The molecule has 0 spiro atoms. The van der Waals surface area contributed by atoms with Crippen LogP contribution in [0.3, 0.4) is 0 Å². The second-order valence-electron chi connectivity index (χ2n) is 4.83. The third-order valence-corrected chi connectivity index (χ3v) is 3.21. The number of nitrogens with zero attached hydrogens (tertiary/aromatic N) is 3. The van der Waals surface area contributed by atoms with Gasteiger partial charge in [-0.3, -0.25) is 0 Å². The van der Waals surface area contributed by atoms with Gasteiger partial charge in [-0.05, 0) is 6.92 Å². The van der Waals surface area contributed by atoms with Crippen molar-refractivity contribution < 1.29 is 9.47 Å². The van der Waals surface area contributed by atoms with Crippen molar-refractivity contribution in [1.29, 1.82) is 0 Å². The van der Waals surface area contributed by atoms with Gasteiger partial charge in [-0.25, -0.2) is 28.1 Å². The number of ether oxygens (including phenoxy) is 2. The van der Waals surface area contributed by atoms with E-state index in [9.17, 15) is 14.4 Å². The van der Waals surface area contributed by atoms with Gasteiger partial charge in [-0.1, -0.05) is 6.08 Å². The summed E-state index contributed by atoms with van der Waals surface area (Å²) in [6.07, 6.45) is 2.69. The lowest BCUT2D eigenvalue weighted by Gasteiger charge is -2.10. The zero-order chi connectivity index (χ0) is 14.3. The van der Waals surface area contributed by atoms with Crippen LogP contribution in [0.1, 0.15) is 6.92 Å².